The lowest BCUT2D eigenvalue weighted by Crippen LogP contribution is -2.01. The van der Waals surface area contributed by atoms with Crippen LogP contribution in [0.2, 0.25) is 0 Å². The largest absolute Gasteiger partial charge is 0.475 e. The average molecular weight is 247 g/mol. The zero-order valence-corrected chi connectivity index (χ0v) is 9.83. The van der Waals surface area contributed by atoms with Gasteiger partial charge < -0.3 is 15.4 Å². The van der Waals surface area contributed by atoms with Crippen molar-refractivity contribution in [1.29, 1.82) is 0 Å². The monoisotopic (exact) mass is 247 g/mol. The van der Waals surface area contributed by atoms with Crippen molar-refractivity contribution >= 4 is 11.7 Å². The third-order valence-electron chi connectivity index (χ3n) is 2.65. The highest BCUT2D eigenvalue weighted by molar-refractivity contribution is 5.82. The van der Waals surface area contributed by atoms with Crippen LogP contribution in [0.5, 0.6) is 0 Å². The Kier molecular flexibility index (Phi) is 3.27. The van der Waals surface area contributed by atoms with Crippen LogP contribution in [0, 0.1) is 0 Å². The summed E-state index contributed by atoms with van der Waals surface area (Å²) in [6.07, 6.45) is 0.490. The van der Waals surface area contributed by atoms with Gasteiger partial charge in [0.1, 0.15) is 0 Å². The smallest absolute Gasteiger partial charge is 0.377 e. The molecule has 2 aromatic rings. The molecular formula is C12H13N3O3. The highest BCUT2D eigenvalue weighted by atomic mass is 16.5. The molecule has 6 heteroatoms. The molecule has 94 valence electrons. The molecule has 0 radical (unpaired) electrons. The molecule has 0 aliphatic rings. The van der Waals surface area contributed by atoms with Crippen LogP contribution in [0.25, 0.3) is 0 Å². The second kappa shape index (κ2) is 4.87. The van der Waals surface area contributed by atoms with Crippen molar-refractivity contribution in [3.8, 4) is 0 Å². The number of nitrogen functional groups attached to an aromatic ring is 1. The number of nitrogens with zero attached hydrogens (tertiary/aromatic N) is 2. The second-order valence-corrected chi connectivity index (χ2v) is 4.09. The molecule has 0 bridgehead atoms. The van der Waals surface area contributed by atoms with Gasteiger partial charge in [-0.1, -0.05) is 19.1 Å². The minimum absolute atomic E-state index is 0.146. The Morgan fingerprint density at radius 3 is 2.67 bits per heavy atom. The van der Waals surface area contributed by atoms with Crippen LogP contribution in [0.1, 0.15) is 34.9 Å². The van der Waals surface area contributed by atoms with E-state index in [1.165, 1.54) is 0 Å². The van der Waals surface area contributed by atoms with E-state index in [-0.39, 0.29) is 11.7 Å². The number of rotatable bonds is 4. The summed E-state index contributed by atoms with van der Waals surface area (Å²) in [5, 5.41) is 12.1. The highest BCUT2D eigenvalue weighted by Crippen LogP contribution is 2.20. The Morgan fingerprint density at radius 2 is 2.11 bits per heavy atom. The Labute approximate surface area is 103 Å². The van der Waals surface area contributed by atoms with Crippen LogP contribution in [-0.4, -0.2) is 21.2 Å². The van der Waals surface area contributed by atoms with E-state index in [4.69, 9.17) is 15.4 Å². The number of anilines is 1. The van der Waals surface area contributed by atoms with E-state index in [9.17, 15) is 4.79 Å². The van der Waals surface area contributed by atoms with E-state index >= 15 is 0 Å². The van der Waals surface area contributed by atoms with Crippen molar-refractivity contribution in [2.24, 2.45) is 0 Å². The average Bonchev–Trinajstić information content (AvgIpc) is 2.78. The van der Waals surface area contributed by atoms with Crippen molar-refractivity contribution < 1.29 is 14.4 Å². The predicted molar refractivity (Wildman–Crippen MR) is 64.2 cm³/mol. The molecule has 6 nitrogen and oxygen atoms in total. The van der Waals surface area contributed by atoms with Gasteiger partial charge in [0.15, 0.2) is 0 Å². The van der Waals surface area contributed by atoms with Crippen LogP contribution < -0.4 is 5.73 Å². The molecule has 18 heavy (non-hydrogen) atoms. The number of carbonyl (C=O) groups is 1. The van der Waals surface area contributed by atoms with Crippen molar-refractivity contribution in [1.82, 2.24) is 10.1 Å². The summed E-state index contributed by atoms with van der Waals surface area (Å²) in [6.45, 7) is 2.00. The zero-order chi connectivity index (χ0) is 13.1. The van der Waals surface area contributed by atoms with Crippen LogP contribution in [-0.2, 0) is 6.42 Å². The first-order valence-corrected chi connectivity index (χ1v) is 5.47. The molecule has 0 saturated heterocycles. The van der Waals surface area contributed by atoms with Gasteiger partial charge in [-0.25, -0.2) is 4.79 Å². The lowest BCUT2D eigenvalue weighted by molar-refractivity contribution is 0.0680. The molecule has 0 aliphatic carbocycles. The Bertz CT molecular complexity index is 548. The summed E-state index contributed by atoms with van der Waals surface area (Å²) < 4.78 is 4.88. The maximum atomic E-state index is 10.6. The number of hydrogen-bond donors (Lipinski definition) is 2. The van der Waals surface area contributed by atoms with Crippen molar-refractivity contribution in [3.05, 3.63) is 41.5 Å². The van der Waals surface area contributed by atoms with Crippen LogP contribution in [0.15, 0.2) is 28.8 Å². The lowest BCUT2D eigenvalue weighted by atomic mass is 9.98. The summed E-state index contributed by atoms with van der Waals surface area (Å²) >= 11 is 0. The quantitative estimate of drug-likeness (QED) is 0.797. The molecule has 0 aliphatic heterocycles. The molecule has 1 heterocycles. The number of aromatic carboxylic acids is 1. The number of nitrogens with two attached hydrogens (primary N) is 1. The van der Waals surface area contributed by atoms with Gasteiger partial charge in [0.2, 0.25) is 5.89 Å². The van der Waals surface area contributed by atoms with Crippen molar-refractivity contribution in [2.45, 2.75) is 19.3 Å². The number of carboxylic acid groups (broad SMARTS) is 1. The Hall–Kier alpha value is -2.37. The van der Waals surface area contributed by atoms with Crippen LogP contribution in [0.3, 0.4) is 0 Å². The number of hydrogen-bond acceptors (Lipinski definition) is 5. The molecule has 1 aromatic heterocycles. The highest BCUT2D eigenvalue weighted by Gasteiger charge is 2.15. The third-order valence-corrected chi connectivity index (χ3v) is 2.65. The SMILES string of the molecule is CC(Cc1nc(C(=O)O)no1)c1ccc(N)cc1. The predicted octanol–water partition coefficient (Wildman–Crippen LogP) is 1.70. The molecule has 0 fully saturated rings. The molecular weight excluding hydrogens is 234 g/mol. The summed E-state index contributed by atoms with van der Waals surface area (Å²) in [4.78, 5) is 14.4. The molecule has 0 spiro atoms. The Balaban J connectivity index is 2.08. The normalized spacial score (nSPS) is 12.3. The number of aromatic nitrogens is 2. The maximum Gasteiger partial charge on any atom is 0.377 e. The summed E-state index contributed by atoms with van der Waals surface area (Å²) in [5.41, 5.74) is 7.40. The van der Waals surface area contributed by atoms with Gasteiger partial charge in [-0.2, -0.15) is 4.98 Å². The van der Waals surface area contributed by atoms with Crippen LogP contribution >= 0.6 is 0 Å². The molecule has 3 N–H and O–H groups in total. The van der Waals surface area contributed by atoms with E-state index < -0.39 is 5.97 Å². The first kappa shape index (κ1) is 12.1. The fraction of sp³-hybridized carbons (Fsp3) is 0.250. The molecule has 1 atom stereocenters. The lowest BCUT2D eigenvalue weighted by Gasteiger charge is -2.08. The van der Waals surface area contributed by atoms with Gasteiger partial charge in [-0.3, -0.25) is 0 Å². The molecule has 0 saturated carbocycles. The molecule has 2 rings (SSSR count). The fourth-order valence-corrected chi connectivity index (χ4v) is 1.63. The maximum absolute atomic E-state index is 10.6. The van der Waals surface area contributed by atoms with Crippen molar-refractivity contribution in [2.75, 3.05) is 5.73 Å². The van der Waals surface area contributed by atoms with Crippen molar-refractivity contribution in [3.63, 3.8) is 0 Å². The van der Waals surface area contributed by atoms with Crippen LogP contribution in [0.4, 0.5) is 5.69 Å². The zero-order valence-electron chi connectivity index (χ0n) is 9.83. The standard InChI is InChI=1S/C12H13N3O3/c1-7(8-2-4-9(13)5-3-8)6-10-14-11(12(16)17)15-18-10/h2-5,7H,6,13H2,1H3,(H,16,17). The van der Waals surface area contributed by atoms with Gasteiger partial charge in [0.05, 0.1) is 0 Å². The first-order valence-electron chi connectivity index (χ1n) is 5.47. The van der Waals surface area contributed by atoms with E-state index in [0.29, 0.717) is 18.0 Å². The van der Waals surface area contributed by atoms with Gasteiger partial charge in [0, 0.05) is 12.1 Å². The fourth-order valence-electron chi connectivity index (χ4n) is 1.63. The molecule has 1 aromatic carbocycles. The minimum atomic E-state index is -1.19. The molecule has 0 amide bonds. The number of carboxylic acids is 1. The van der Waals surface area contributed by atoms with E-state index in [2.05, 4.69) is 10.1 Å². The van der Waals surface area contributed by atoms with Gasteiger partial charge >= 0.3 is 5.97 Å². The first-order chi connectivity index (χ1) is 8.56. The molecule has 1 unspecified atom stereocenters. The third kappa shape index (κ3) is 2.65. The van der Waals surface area contributed by atoms with E-state index in [0.717, 1.165) is 5.56 Å². The summed E-state index contributed by atoms with van der Waals surface area (Å²) in [6, 6.07) is 7.49. The van der Waals surface area contributed by atoms with E-state index in [1.54, 1.807) is 0 Å². The van der Waals surface area contributed by atoms with Gasteiger partial charge in [-0.15, -0.1) is 0 Å². The van der Waals surface area contributed by atoms with E-state index in [1.807, 2.05) is 31.2 Å². The van der Waals surface area contributed by atoms with Gasteiger partial charge in [-0.05, 0) is 28.8 Å². The minimum Gasteiger partial charge on any atom is -0.475 e. The Morgan fingerprint density at radius 1 is 1.44 bits per heavy atom. The summed E-state index contributed by atoms with van der Waals surface area (Å²) in [5.74, 6) is -1.04. The van der Waals surface area contributed by atoms with Gasteiger partial charge in [0.25, 0.3) is 5.82 Å². The topological polar surface area (TPSA) is 102 Å². The second-order valence-electron chi connectivity index (χ2n) is 4.09. The summed E-state index contributed by atoms with van der Waals surface area (Å²) in [7, 11) is 0. The number of benzene rings is 1.